The van der Waals surface area contributed by atoms with Crippen molar-refractivity contribution in [3.63, 3.8) is 0 Å². The molecular formula is C17H29N5O2. The number of carbonyl (C=O) groups is 2. The van der Waals surface area contributed by atoms with Crippen molar-refractivity contribution in [3.8, 4) is 0 Å². The Morgan fingerprint density at radius 2 is 1.96 bits per heavy atom. The normalized spacial score (nSPS) is 16.8. The highest BCUT2D eigenvalue weighted by molar-refractivity contribution is 5.96. The van der Waals surface area contributed by atoms with Crippen LogP contribution in [0.2, 0.25) is 0 Å². The minimum Gasteiger partial charge on any atom is -0.326 e. The molecule has 3 amide bonds. The smallest absolute Gasteiger partial charge is 0.318 e. The molecule has 1 aromatic rings. The molecule has 2 N–H and O–H groups in total. The van der Waals surface area contributed by atoms with Gasteiger partial charge in [0.05, 0.1) is 5.69 Å². The van der Waals surface area contributed by atoms with E-state index in [0.29, 0.717) is 5.82 Å². The first kappa shape index (κ1) is 18.3. The first-order valence-electron chi connectivity index (χ1n) is 8.85. The average Bonchev–Trinajstić information content (AvgIpc) is 3.22. The number of hydrogen-bond acceptors (Lipinski definition) is 3. The number of carbonyl (C=O) groups excluding carboxylic acids is 2. The van der Waals surface area contributed by atoms with Crippen molar-refractivity contribution in [1.29, 1.82) is 0 Å². The number of hydrogen-bond donors (Lipinski definition) is 2. The fourth-order valence-electron chi connectivity index (χ4n) is 2.87. The number of nitrogens with zero attached hydrogens (tertiary/aromatic N) is 3. The molecular weight excluding hydrogens is 306 g/mol. The Bertz CT molecular complexity index is 578. The number of aryl methyl sites for hydroxylation is 2. The molecule has 7 heteroatoms. The van der Waals surface area contributed by atoms with Gasteiger partial charge in [0.1, 0.15) is 11.9 Å². The van der Waals surface area contributed by atoms with E-state index < -0.39 is 6.04 Å². The summed E-state index contributed by atoms with van der Waals surface area (Å²) in [5, 5.41) is 10.2. The van der Waals surface area contributed by atoms with Crippen LogP contribution in [0.4, 0.5) is 10.6 Å². The second kappa shape index (κ2) is 8.17. The van der Waals surface area contributed by atoms with Gasteiger partial charge in [0.15, 0.2) is 0 Å². The van der Waals surface area contributed by atoms with Crippen molar-refractivity contribution in [2.75, 3.05) is 18.4 Å². The Kier molecular flexibility index (Phi) is 6.23. The predicted octanol–water partition coefficient (Wildman–Crippen LogP) is 2.14. The summed E-state index contributed by atoms with van der Waals surface area (Å²) < 4.78 is 1.66. The van der Waals surface area contributed by atoms with Crippen molar-refractivity contribution in [2.45, 2.75) is 52.5 Å². The summed E-state index contributed by atoms with van der Waals surface area (Å²) in [7, 11) is 1.80. The lowest BCUT2D eigenvalue weighted by atomic mass is 9.98. The lowest BCUT2D eigenvalue weighted by Crippen LogP contribution is -2.51. The molecule has 1 aromatic heterocycles. The van der Waals surface area contributed by atoms with Gasteiger partial charge in [-0.15, -0.1) is 0 Å². The zero-order chi connectivity index (χ0) is 17.7. The minimum absolute atomic E-state index is 0.0513. The molecule has 134 valence electrons. The van der Waals surface area contributed by atoms with Gasteiger partial charge in [-0.2, -0.15) is 5.10 Å². The van der Waals surface area contributed by atoms with E-state index in [-0.39, 0.29) is 17.9 Å². The first-order valence-corrected chi connectivity index (χ1v) is 8.85. The molecule has 1 aliphatic rings. The summed E-state index contributed by atoms with van der Waals surface area (Å²) in [6, 6.07) is 1.17. The van der Waals surface area contributed by atoms with E-state index in [2.05, 4.69) is 15.7 Å². The van der Waals surface area contributed by atoms with Gasteiger partial charge in [-0.05, 0) is 25.2 Å². The van der Waals surface area contributed by atoms with Crippen LogP contribution in [-0.2, 0) is 18.3 Å². The van der Waals surface area contributed by atoms with Gasteiger partial charge < -0.3 is 15.5 Å². The highest BCUT2D eigenvalue weighted by Gasteiger charge is 2.29. The molecule has 2 rings (SSSR count). The molecule has 1 fully saturated rings. The van der Waals surface area contributed by atoms with Gasteiger partial charge in [0.25, 0.3) is 0 Å². The van der Waals surface area contributed by atoms with E-state index in [9.17, 15) is 9.59 Å². The topological polar surface area (TPSA) is 79.3 Å². The number of likely N-dealkylation sites (tertiary alicyclic amines) is 1. The fraction of sp³-hybridized carbons (Fsp3) is 0.706. The largest absolute Gasteiger partial charge is 0.326 e. The van der Waals surface area contributed by atoms with Crippen LogP contribution < -0.4 is 10.6 Å². The molecule has 0 bridgehead atoms. The summed E-state index contributed by atoms with van der Waals surface area (Å²) in [5.74, 6) is 0.513. The zero-order valence-corrected chi connectivity index (χ0v) is 15.1. The number of rotatable bonds is 6. The minimum atomic E-state index is -0.553. The van der Waals surface area contributed by atoms with Gasteiger partial charge in [-0.1, -0.05) is 27.2 Å². The van der Waals surface area contributed by atoms with Gasteiger partial charge >= 0.3 is 6.03 Å². The summed E-state index contributed by atoms with van der Waals surface area (Å²) in [4.78, 5) is 26.9. The Morgan fingerprint density at radius 3 is 2.50 bits per heavy atom. The number of anilines is 1. The number of aromatic nitrogens is 2. The van der Waals surface area contributed by atoms with Gasteiger partial charge in [0, 0.05) is 26.2 Å². The van der Waals surface area contributed by atoms with Crippen molar-refractivity contribution in [1.82, 2.24) is 20.0 Å². The van der Waals surface area contributed by atoms with E-state index in [0.717, 1.165) is 44.5 Å². The van der Waals surface area contributed by atoms with Crippen LogP contribution >= 0.6 is 0 Å². The second-order valence-electron chi connectivity index (χ2n) is 6.49. The predicted molar refractivity (Wildman–Crippen MR) is 93.8 cm³/mol. The highest BCUT2D eigenvalue weighted by atomic mass is 16.2. The second-order valence-corrected chi connectivity index (χ2v) is 6.49. The van der Waals surface area contributed by atoms with Crippen LogP contribution in [0.15, 0.2) is 6.07 Å². The first-order chi connectivity index (χ1) is 11.5. The molecule has 1 saturated heterocycles. The van der Waals surface area contributed by atoms with Crippen molar-refractivity contribution < 1.29 is 9.59 Å². The molecule has 7 nitrogen and oxygen atoms in total. The lowest BCUT2D eigenvalue weighted by Gasteiger charge is -2.26. The molecule has 0 unspecified atom stereocenters. The van der Waals surface area contributed by atoms with Gasteiger partial charge in [-0.25, -0.2) is 4.79 Å². The van der Waals surface area contributed by atoms with Crippen LogP contribution in [0.25, 0.3) is 0 Å². The summed E-state index contributed by atoms with van der Waals surface area (Å²) in [6.45, 7) is 7.55. The molecule has 1 aliphatic heterocycles. The van der Waals surface area contributed by atoms with E-state index in [1.165, 1.54) is 0 Å². The number of nitrogens with one attached hydrogen (secondary N) is 2. The molecule has 0 aromatic carbocycles. The number of amides is 3. The standard InChI is InChI=1S/C17H29N5O2/c1-5-12(3)15(19-17(24)22-9-7-8-10-22)16(23)18-14-11-13(6-2)20-21(14)4/h11-12,15H,5-10H2,1-4H3,(H,18,23)(H,19,24)/t12-,15-/m0/s1. The third-order valence-electron chi connectivity index (χ3n) is 4.71. The molecule has 0 spiro atoms. The number of urea groups is 1. The van der Waals surface area contributed by atoms with E-state index >= 15 is 0 Å². The fourth-order valence-corrected chi connectivity index (χ4v) is 2.87. The highest BCUT2D eigenvalue weighted by Crippen LogP contribution is 2.15. The Hall–Kier alpha value is -2.05. The lowest BCUT2D eigenvalue weighted by molar-refractivity contribution is -0.119. The van der Waals surface area contributed by atoms with E-state index in [1.54, 1.807) is 16.6 Å². The Balaban J connectivity index is 2.06. The average molecular weight is 335 g/mol. The Labute approximate surface area is 143 Å². The zero-order valence-electron chi connectivity index (χ0n) is 15.1. The van der Waals surface area contributed by atoms with Crippen LogP contribution in [0.5, 0.6) is 0 Å². The third-order valence-corrected chi connectivity index (χ3v) is 4.71. The third kappa shape index (κ3) is 4.27. The molecule has 24 heavy (non-hydrogen) atoms. The maximum absolute atomic E-state index is 12.7. The van der Waals surface area contributed by atoms with E-state index in [1.807, 2.05) is 26.8 Å². The molecule has 2 heterocycles. The van der Waals surface area contributed by atoms with Crippen LogP contribution in [-0.4, -0.2) is 45.8 Å². The summed E-state index contributed by atoms with van der Waals surface area (Å²) >= 11 is 0. The van der Waals surface area contributed by atoms with Gasteiger partial charge in [-0.3, -0.25) is 9.48 Å². The summed E-state index contributed by atoms with van der Waals surface area (Å²) in [5.41, 5.74) is 0.925. The quantitative estimate of drug-likeness (QED) is 0.836. The molecule has 0 radical (unpaired) electrons. The molecule has 0 aliphatic carbocycles. The van der Waals surface area contributed by atoms with Crippen molar-refractivity contribution in [3.05, 3.63) is 11.8 Å². The Morgan fingerprint density at radius 1 is 1.29 bits per heavy atom. The summed E-state index contributed by atoms with van der Waals surface area (Å²) in [6.07, 6.45) is 3.68. The SMILES string of the molecule is CCc1cc(NC(=O)[C@@H](NC(=O)N2CCCC2)[C@@H](C)CC)n(C)n1. The monoisotopic (exact) mass is 335 g/mol. The van der Waals surface area contributed by atoms with Gasteiger partial charge in [0.2, 0.25) is 5.91 Å². The van der Waals surface area contributed by atoms with Crippen LogP contribution in [0, 0.1) is 5.92 Å². The maximum atomic E-state index is 12.7. The maximum Gasteiger partial charge on any atom is 0.318 e. The van der Waals surface area contributed by atoms with Crippen LogP contribution in [0.1, 0.15) is 45.7 Å². The van der Waals surface area contributed by atoms with Crippen molar-refractivity contribution in [2.24, 2.45) is 13.0 Å². The van der Waals surface area contributed by atoms with Crippen LogP contribution in [0.3, 0.4) is 0 Å². The van der Waals surface area contributed by atoms with Crippen molar-refractivity contribution >= 4 is 17.8 Å². The molecule has 0 saturated carbocycles. The van der Waals surface area contributed by atoms with E-state index in [4.69, 9.17) is 0 Å². The molecule has 2 atom stereocenters.